The zero-order valence-electron chi connectivity index (χ0n) is 32.1. The van der Waals surface area contributed by atoms with E-state index in [4.69, 9.17) is 4.74 Å². The van der Waals surface area contributed by atoms with Gasteiger partial charge in [-0.3, -0.25) is 15.1 Å². The molecule has 3 rings (SSSR count). The van der Waals surface area contributed by atoms with E-state index in [0.717, 1.165) is 51.5 Å². The maximum absolute atomic E-state index is 11.6. The molecule has 0 aromatic carbocycles. The number of rotatable bonds is 15. The molecule has 0 bridgehead atoms. The number of likely N-dealkylation sites (N-methyl/N-ethyl adjacent to an activating group) is 1. The SMILES string of the molecule is CC.CC.CCN(CC(C)NC(C)C(COCC1CCCCC1)NC(O)C(C)(C)C)C1(C(O)N2CCC(C)CC2)CCC1.CN. The van der Waals surface area contributed by atoms with Crippen LogP contribution in [0.15, 0.2) is 0 Å². The molecule has 2 saturated carbocycles. The first-order valence-electron chi connectivity index (χ1n) is 19.0. The lowest BCUT2D eigenvalue weighted by Gasteiger charge is -2.56. The van der Waals surface area contributed by atoms with Crippen molar-refractivity contribution >= 4 is 0 Å². The topological polar surface area (TPSA) is 106 Å². The molecule has 0 radical (unpaired) electrons. The first-order valence-corrected chi connectivity index (χ1v) is 19.0. The molecule has 1 heterocycles. The summed E-state index contributed by atoms with van der Waals surface area (Å²) in [5.74, 6) is 1.45. The molecule has 2 aliphatic carbocycles. The number of nitrogens with one attached hydrogen (secondary N) is 2. The Hall–Kier alpha value is -0.320. The molecule has 8 heteroatoms. The summed E-state index contributed by atoms with van der Waals surface area (Å²) in [6, 6.07) is 0.396. The molecule has 272 valence electrons. The maximum Gasteiger partial charge on any atom is 0.125 e. The third-order valence-electron chi connectivity index (χ3n) is 10.1. The van der Waals surface area contributed by atoms with Crippen molar-refractivity contribution < 1.29 is 14.9 Å². The van der Waals surface area contributed by atoms with Crippen LogP contribution >= 0.6 is 0 Å². The molecular formula is C37H81N5O3. The van der Waals surface area contributed by atoms with E-state index in [1.165, 1.54) is 58.4 Å². The molecular weight excluding hydrogens is 562 g/mol. The highest BCUT2D eigenvalue weighted by Gasteiger charge is 2.50. The predicted molar refractivity (Wildman–Crippen MR) is 194 cm³/mol. The molecule has 3 aliphatic rings. The Morgan fingerprint density at radius 2 is 1.47 bits per heavy atom. The molecule has 45 heavy (non-hydrogen) atoms. The first-order chi connectivity index (χ1) is 21.5. The molecule has 6 N–H and O–H groups in total. The van der Waals surface area contributed by atoms with Gasteiger partial charge in [0.2, 0.25) is 0 Å². The largest absolute Gasteiger partial charge is 0.379 e. The van der Waals surface area contributed by atoms with Crippen molar-refractivity contribution in [2.75, 3.05) is 46.4 Å². The number of aliphatic hydroxyl groups excluding tert-OH is 2. The minimum Gasteiger partial charge on any atom is -0.379 e. The van der Waals surface area contributed by atoms with E-state index >= 15 is 0 Å². The number of likely N-dealkylation sites (tertiary alicyclic amines) is 1. The lowest BCUT2D eigenvalue weighted by molar-refractivity contribution is -0.158. The molecule has 0 aromatic heterocycles. The number of hydrogen-bond acceptors (Lipinski definition) is 8. The van der Waals surface area contributed by atoms with Gasteiger partial charge in [-0.15, -0.1) is 0 Å². The molecule has 1 aliphatic heterocycles. The summed E-state index contributed by atoms with van der Waals surface area (Å²) in [7, 11) is 1.50. The first kappa shape index (κ1) is 44.7. The quantitative estimate of drug-likeness (QED) is 0.135. The van der Waals surface area contributed by atoms with Gasteiger partial charge in [0.15, 0.2) is 0 Å². The Balaban J connectivity index is 0.00000304. The summed E-state index contributed by atoms with van der Waals surface area (Å²) in [5, 5.41) is 29.8. The number of aliphatic hydroxyl groups is 2. The molecule has 0 amide bonds. The predicted octanol–water partition coefficient (Wildman–Crippen LogP) is 6.19. The zero-order chi connectivity index (χ0) is 34.6. The second-order valence-electron chi connectivity index (χ2n) is 14.5. The highest BCUT2D eigenvalue weighted by molar-refractivity contribution is 5.04. The van der Waals surface area contributed by atoms with Gasteiger partial charge >= 0.3 is 0 Å². The van der Waals surface area contributed by atoms with Crippen LogP contribution in [0, 0.1) is 17.3 Å². The minimum absolute atomic E-state index is 0.0129. The molecule has 1 saturated heterocycles. The van der Waals surface area contributed by atoms with Gasteiger partial charge in [0.25, 0.3) is 0 Å². The Kier molecular flexibility index (Phi) is 23.7. The minimum atomic E-state index is -0.604. The lowest BCUT2D eigenvalue weighted by atomic mass is 9.72. The van der Waals surface area contributed by atoms with Crippen molar-refractivity contribution in [3.8, 4) is 0 Å². The highest BCUT2D eigenvalue weighted by Crippen LogP contribution is 2.42. The zero-order valence-corrected chi connectivity index (χ0v) is 32.1. The highest BCUT2D eigenvalue weighted by atomic mass is 16.5. The van der Waals surface area contributed by atoms with Gasteiger partial charge in [-0.05, 0) is 84.2 Å². The summed E-state index contributed by atoms with van der Waals surface area (Å²) in [6.45, 7) is 28.5. The number of ether oxygens (including phenoxy) is 1. The third-order valence-corrected chi connectivity index (χ3v) is 10.1. The van der Waals surface area contributed by atoms with Crippen molar-refractivity contribution in [3.05, 3.63) is 0 Å². The average molecular weight is 644 g/mol. The number of hydrogen-bond donors (Lipinski definition) is 5. The fourth-order valence-corrected chi connectivity index (χ4v) is 6.97. The van der Waals surface area contributed by atoms with Gasteiger partial charge in [0, 0.05) is 49.8 Å². The normalized spacial score (nSPS) is 22.7. The van der Waals surface area contributed by atoms with Crippen molar-refractivity contribution in [1.82, 2.24) is 20.4 Å². The third kappa shape index (κ3) is 14.8. The van der Waals surface area contributed by atoms with Gasteiger partial charge in [-0.2, -0.15) is 0 Å². The van der Waals surface area contributed by atoms with E-state index in [9.17, 15) is 10.2 Å². The monoisotopic (exact) mass is 644 g/mol. The molecule has 0 spiro atoms. The molecule has 8 nitrogen and oxygen atoms in total. The summed E-state index contributed by atoms with van der Waals surface area (Å²) in [4.78, 5) is 4.90. The second kappa shape index (κ2) is 23.9. The Bertz CT molecular complexity index is 688. The van der Waals surface area contributed by atoms with E-state index in [-0.39, 0.29) is 35.3 Å². The van der Waals surface area contributed by atoms with Crippen LogP contribution in [0.25, 0.3) is 0 Å². The Labute approximate surface area is 281 Å². The van der Waals surface area contributed by atoms with E-state index in [1.54, 1.807) is 0 Å². The fraction of sp³-hybridized carbons (Fsp3) is 1.00. The standard InChI is InChI=1S/C32H64N4O3.2C2H6.CH5N/c1-8-36(32(17-12-18-32)30(38)35-19-15-24(2)16-20-35)21-25(3)33-26(4)28(34-29(37)31(5,6)7)23-39-22-27-13-10-9-11-14-27;3*1-2/h24-30,33-34,37-38H,8-23H2,1-7H3;2*1-2H3;2H2,1H3. The fourth-order valence-electron chi connectivity index (χ4n) is 6.97. The van der Waals surface area contributed by atoms with Crippen LogP contribution in [0.5, 0.6) is 0 Å². The summed E-state index contributed by atoms with van der Waals surface area (Å²) in [6.07, 6.45) is 11.3. The number of nitrogens with zero attached hydrogens (tertiary/aromatic N) is 2. The smallest absolute Gasteiger partial charge is 0.125 e. The van der Waals surface area contributed by atoms with E-state index < -0.39 is 6.23 Å². The van der Waals surface area contributed by atoms with Crippen LogP contribution in [0.1, 0.15) is 140 Å². The number of piperidine rings is 1. The molecule has 3 fully saturated rings. The van der Waals surface area contributed by atoms with Crippen molar-refractivity contribution in [2.24, 2.45) is 23.0 Å². The average Bonchev–Trinajstić information content (AvgIpc) is 3.02. The van der Waals surface area contributed by atoms with Crippen LogP contribution < -0.4 is 16.4 Å². The van der Waals surface area contributed by atoms with Crippen LogP contribution in [-0.2, 0) is 4.74 Å². The molecule has 5 atom stereocenters. The second-order valence-corrected chi connectivity index (χ2v) is 14.5. The Morgan fingerprint density at radius 3 is 1.93 bits per heavy atom. The van der Waals surface area contributed by atoms with Crippen LogP contribution in [0.2, 0.25) is 0 Å². The number of nitrogens with two attached hydrogens (primary N) is 1. The summed E-state index contributed by atoms with van der Waals surface area (Å²) >= 11 is 0. The van der Waals surface area contributed by atoms with Crippen molar-refractivity contribution in [2.45, 2.75) is 176 Å². The van der Waals surface area contributed by atoms with Gasteiger partial charge < -0.3 is 26.0 Å². The van der Waals surface area contributed by atoms with Gasteiger partial charge in [0.05, 0.1) is 12.1 Å². The van der Waals surface area contributed by atoms with Crippen LogP contribution in [0.4, 0.5) is 0 Å². The van der Waals surface area contributed by atoms with Gasteiger partial charge in [-0.1, -0.05) is 81.6 Å². The molecule has 5 unspecified atom stereocenters. The van der Waals surface area contributed by atoms with E-state index in [0.29, 0.717) is 12.5 Å². The van der Waals surface area contributed by atoms with E-state index in [1.807, 2.05) is 27.7 Å². The van der Waals surface area contributed by atoms with Gasteiger partial charge in [-0.25, -0.2) is 0 Å². The summed E-state index contributed by atoms with van der Waals surface area (Å²) in [5.41, 5.74) is 4.13. The Morgan fingerprint density at radius 1 is 0.911 bits per heavy atom. The lowest BCUT2D eigenvalue weighted by Crippen LogP contribution is -2.68. The molecule has 0 aromatic rings. The van der Waals surface area contributed by atoms with Crippen LogP contribution in [-0.4, -0.2) is 103 Å². The van der Waals surface area contributed by atoms with E-state index in [2.05, 4.69) is 74.6 Å². The maximum atomic E-state index is 11.6. The van der Waals surface area contributed by atoms with Gasteiger partial charge in [0.1, 0.15) is 12.5 Å². The summed E-state index contributed by atoms with van der Waals surface area (Å²) < 4.78 is 6.28. The van der Waals surface area contributed by atoms with Crippen molar-refractivity contribution in [3.63, 3.8) is 0 Å². The van der Waals surface area contributed by atoms with Crippen molar-refractivity contribution in [1.29, 1.82) is 0 Å². The van der Waals surface area contributed by atoms with Crippen LogP contribution in [0.3, 0.4) is 0 Å².